The first-order chi connectivity index (χ1) is 14.7. The van der Waals surface area contributed by atoms with Crippen LogP contribution in [0.1, 0.15) is 39.7 Å². The van der Waals surface area contributed by atoms with Gasteiger partial charge in [0.25, 0.3) is 0 Å². The highest BCUT2D eigenvalue weighted by atomic mass is 79.9. The van der Waals surface area contributed by atoms with Crippen molar-refractivity contribution in [2.75, 3.05) is 24.5 Å². The Labute approximate surface area is 196 Å². The second-order valence-corrected chi connectivity index (χ2v) is 9.55. The molecule has 2 aromatic rings. The van der Waals surface area contributed by atoms with Gasteiger partial charge in [-0.2, -0.15) is 18.2 Å². The van der Waals surface area contributed by atoms with E-state index in [-0.39, 0.29) is 34.6 Å². The van der Waals surface area contributed by atoms with Crippen LogP contribution in [0.2, 0.25) is 5.28 Å². The van der Waals surface area contributed by atoms with E-state index in [0.29, 0.717) is 19.5 Å². The molecule has 12 heteroatoms. The van der Waals surface area contributed by atoms with Gasteiger partial charge in [0.05, 0.1) is 10.0 Å². The molecule has 1 aliphatic heterocycles. The molecule has 0 N–H and O–H groups in total. The lowest BCUT2D eigenvalue weighted by Gasteiger charge is -2.30. The Morgan fingerprint density at radius 2 is 2.00 bits per heavy atom. The van der Waals surface area contributed by atoms with E-state index < -0.39 is 33.7 Å². The number of hydrogen-bond donors (Lipinski definition) is 0. The van der Waals surface area contributed by atoms with Crippen LogP contribution < -0.4 is 4.90 Å². The van der Waals surface area contributed by atoms with Gasteiger partial charge in [0, 0.05) is 31.1 Å². The molecule has 0 spiro atoms. The van der Waals surface area contributed by atoms with Crippen molar-refractivity contribution in [3.05, 3.63) is 27.2 Å². The minimum absolute atomic E-state index is 0.0791. The Morgan fingerprint density at radius 3 is 2.56 bits per heavy atom. The fraction of sp³-hybridized carbons (Fsp3) is 0.550. The van der Waals surface area contributed by atoms with Gasteiger partial charge >= 0.3 is 12.3 Å². The molecule has 6 nitrogen and oxygen atoms in total. The van der Waals surface area contributed by atoms with Gasteiger partial charge in [-0.15, -0.1) is 0 Å². The third kappa shape index (κ3) is 5.03. The Morgan fingerprint density at radius 1 is 1.34 bits per heavy atom. The normalized spacial score (nSPS) is 17.2. The van der Waals surface area contributed by atoms with E-state index in [9.17, 15) is 22.4 Å². The largest absolute Gasteiger partial charge is 0.444 e. The molecule has 0 radical (unpaired) electrons. The van der Waals surface area contributed by atoms with Crippen LogP contribution in [-0.2, 0) is 10.9 Å². The molecule has 3 rings (SSSR count). The lowest BCUT2D eigenvalue weighted by atomic mass is 10.1. The van der Waals surface area contributed by atoms with Crippen LogP contribution in [0.25, 0.3) is 10.9 Å². The number of aromatic nitrogens is 2. The van der Waals surface area contributed by atoms with E-state index in [1.54, 1.807) is 32.6 Å². The van der Waals surface area contributed by atoms with Crippen molar-refractivity contribution in [2.24, 2.45) is 0 Å². The quantitative estimate of drug-likeness (QED) is 0.350. The highest BCUT2D eigenvalue weighted by Gasteiger charge is 2.38. The molecule has 1 unspecified atom stereocenters. The summed E-state index contributed by atoms with van der Waals surface area (Å²) in [4.78, 5) is 23.6. The lowest BCUT2D eigenvalue weighted by Crippen LogP contribution is -2.41. The fourth-order valence-electron chi connectivity index (χ4n) is 3.66. The van der Waals surface area contributed by atoms with E-state index in [1.807, 2.05) is 0 Å². The minimum Gasteiger partial charge on any atom is -0.444 e. The molecule has 1 atom stereocenters. The van der Waals surface area contributed by atoms with Crippen molar-refractivity contribution in [1.82, 2.24) is 14.9 Å². The SMILES string of the molecule is CCN(c1nc(Cl)nc2c(F)c(Br)c(C(F)(F)F)cc12)C1CCN(C(=O)OC(C)(C)C)C1. The van der Waals surface area contributed by atoms with Gasteiger partial charge in [0.1, 0.15) is 16.9 Å². The summed E-state index contributed by atoms with van der Waals surface area (Å²) in [5.41, 5.74) is -2.15. The smallest absolute Gasteiger partial charge is 0.417 e. The first kappa shape index (κ1) is 24.8. The maximum Gasteiger partial charge on any atom is 0.417 e. The fourth-order valence-corrected chi connectivity index (χ4v) is 4.35. The zero-order chi connectivity index (χ0) is 24.0. The molecule has 176 valence electrons. The van der Waals surface area contributed by atoms with Crippen LogP contribution in [0.4, 0.5) is 28.2 Å². The van der Waals surface area contributed by atoms with E-state index in [4.69, 9.17) is 16.3 Å². The summed E-state index contributed by atoms with van der Waals surface area (Å²) in [6.45, 7) is 8.09. The van der Waals surface area contributed by atoms with Gasteiger partial charge in [0.2, 0.25) is 5.28 Å². The molecule has 1 fully saturated rings. The number of rotatable bonds is 3. The number of benzene rings is 1. The average Bonchev–Trinajstić information content (AvgIpc) is 3.13. The van der Waals surface area contributed by atoms with E-state index in [2.05, 4.69) is 25.9 Å². The van der Waals surface area contributed by atoms with Crippen molar-refractivity contribution in [3.63, 3.8) is 0 Å². The molecule has 32 heavy (non-hydrogen) atoms. The third-order valence-electron chi connectivity index (χ3n) is 5.00. The highest BCUT2D eigenvalue weighted by molar-refractivity contribution is 9.10. The van der Waals surface area contributed by atoms with Gasteiger partial charge in [-0.05, 0) is 67.7 Å². The molecule has 0 saturated carbocycles. The zero-order valence-corrected chi connectivity index (χ0v) is 20.2. The number of halogens is 6. The van der Waals surface area contributed by atoms with Crippen molar-refractivity contribution in [1.29, 1.82) is 0 Å². The molecule has 0 bridgehead atoms. The molecule has 1 aliphatic rings. The highest BCUT2D eigenvalue weighted by Crippen LogP contribution is 2.41. The van der Waals surface area contributed by atoms with E-state index in [1.165, 1.54) is 4.90 Å². The Kier molecular flexibility index (Phi) is 6.82. The number of carbonyl (C=O) groups is 1. The number of nitrogens with zero attached hydrogens (tertiary/aromatic N) is 4. The maximum absolute atomic E-state index is 14.8. The second kappa shape index (κ2) is 8.81. The average molecular weight is 542 g/mol. The molecular formula is C20H22BrClF4N4O2. The van der Waals surface area contributed by atoms with E-state index in [0.717, 1.165) is 6.07 Å². The summed E-state index contributed by atoms with van der Waals surface area (Å²) in [6.07, 6.45) is -4.74. The van der Waals surface area contributed by atoms with Crippen molar-refractivity contribution in [2.45, 2.75) is 51.9 Å². The Bertz CT molecular complexity index is 1050. The minimum atomic E-state index is -4.79. The summed E-state index contributed by atoms with van der Waals surface area (Å²) in [6, 6.07) is 0.542. The summed E-state index contributed by atoms with van der Waals surface area (Å²) in [5, 5.41) is -0.404. The summed E-state index contributed by atoms with van der Waals surface area (Å²) >= 11 is 8.68. The first-order valence-corrected chi connectivity index (χ1v) is 11.1. The summed E-state index contributed by atoms with van der Waals surface area (Å²) < 4.78 is 60.0. The van der Waals surface area contributed by atoms with Crippen molar-refractivity contribution < 1.29 is 27.1 Å². The lowest BCUT2D eigenvalue weighted by molar-refractivity contribution is -0.138. The molecule has 1 saturated heterocycles. The van der Waals surface area contributed by atoms with Crippen LogP contribution in [0.15, 0.2) is 10.5 Å². The van der Waals surface area contributed by atoms with Crippen LogP contribution in [0, 0.1) is 5.82 Å². The van der Waals surface area contributed by atoms with Gasteiger partial charge in [-0.25, -0.2) is 14.2 Å². The number of anilines is 1. The summed E-state index contributed by atoms with van der Waals surface area (Å²) in [5.74, 6) is -1.09. The van der Waals surface area contributed by atoms with Gasteiger partial charge in [-0.1, -0.05) is 0 Å². The number of fused-ring (bicyclic) bond motifs is 1. The molecule has 0 aliphatic carbocycles. The van der Waals surface area contributed by atoms with Crippen LogP contribution in [0.5, 0.6) is 0 Å². The standard InChI is InChI=1S/C20H22BrClF4N4O2/c1-5-30(10-6-7-29(9-10)18(31)32-19(2,3)4)16-11-8-12(20(24,25)26)13(21)14(23)15(11)27-17(22)28-16/h8,10H,5-7,9H2,1-4H3. The number of ether oxygens (including phenoxy) is 1. The number of likely N-dealkylation sites (tertiary alicyclic amines) is 1. The first-order valence-electron chi connectivity index (χ1n) is 9.90. The topological polar surface area (TPSA) is 58.6 Å². The number of amides is 1. The Balaban J connectivity index is 2.04. The van der Waals surface area contributed by atoms with Gasteiger partial charge in [0.15, 0.2) is 5.82 Å². The maximum atomic E-state index is 14.8. The molecular weight excluding hydrogens is 520 g/mol. The van der Waals surface area contributed by atoms with Crippen LogP contribution >= 0.6 is 27.5 Å². The number of alkyl halides is 3. The van der Waals surface area contributed by atoms with Crippen LogP contribution in [0.3, 0.4) is 0 Å². The van der Waals surface area contributed by atoms with Gasteiger partial charge in [-0.3, -0.25) is 0 Å². The predicted molar refractivity (Wildman–Crippen MR) is 116 cm³/mol. The number of likely N-dealkylation sites (N-methyl/N-ethyl adjacent to an activating group) is 1. The number of hydrogen-bond acceptors (Lipinski definition) is 5. The summed E-state index contributed by atoms with van der Waals surface area (Å²) in [7, 11) is 0. The molecule has 1 aromatic heterocycles. The van der Waals surface area contributed by atoms with Gasteiger partial charge < -0.3 is 14.5 Å². The monoisotopic (exact) mass is 540 g/mol. The number of carbonyl (C=O) groups excluding carboxylic acids is 1. The third-order valence-corrected chi connectivity index (χ3v) is 5.94. The van der Waals surface area contributed by atoms with E-state index >= 15 is 0 Å². The molecule has 1 aromatic carbocycles. The molecule has 1 amide bonds. The van der Waals surface area contributed by atoms with Crippen molar-refractivity contribution in [3.8, 4) is 0 Å². The molecule has 2 heterocycles. The van der Waals surface area contributed by atoms with Crippen LogP contribution in [-0.4, -0.2) is 52.2 Å². The zero-order valence-electron chi connectivity index (χ0n) is 17.9. The van der Waals surface area contributed by atoms with Crippen molar-refractivity contribution >= 4 is 50.3 Å². The second-order valence-electron chi connectivity index (χ2n) is 8.42. The Hall–Kier alpha value is -1.88. The predicted octanol–water partition coefficient (Wildman–Crippen LogP) is 6.04.